The lowest BCUT2D eigenvalue weighted by Crippen LogP contribution is -2.32. The highest BCUT2D eigenvalue weighted by atomic mass is 15.1. The second kappa shape index (κ2) is 5.24. The molecule has 26 heavy (non-hydrogen) atoms. The van der Waals surface area contributed by atoms with Crippen LogP contribution in [-0.4, -0.2) is 14.5 Å². The molecular formula is C22H21N4+. The Bertz CT molecular complexity index is 1200. The quantitative estimate of drug-likeness (QED) is 0.435. The van der Waals surface area contributed by atoms with Crippen molar-refractivity contribution in [3.05, 3.63) is 70.9 Å². The number of aromatic nitrogens is 4. The third kappa shape index (κ3) is 1.99. The highest BCUT2D eigenvalue weighted by Crippen LogP contribution is 2.38. The Balaban J connectivity index is 1.96. The molecule has 5 rings (SSSR count). The minimum Gasteiger partial charge on any atom is -0.295 e. The van der Waals surface area contributed by atoms with Crippen LogP contribution in [0.15, 0.2) is 42.7 Å². The SMILES string of the molecule is Cc1cc(-c2c(C)c(C)cc3nc4n(c23)-c2ccccc2C4)[n+](C)cn1. The van der Waals surface area contributed by atoms with Gasteiger partial charge >= 0.3 is 0 Å². The number of benzene rings is 2. The van der Waals surface area contributed by atoms with Crippen LogP contribution in [0.5, 0.6) is 0 Å². The van der Waals surface area contributed by atoms with Crippen LogP contribution in [0.3, 0.4) is 0 Å². The van der Waals surface area contributed by atoms with Crippen LogP contribution in [0.2, 0.25) is 0 Å². The summed E-state index contributed by atoms with van der Waals surface area (Å²) in [6.45, 7) is 6.42. The summed E-state index contributed by atoms with van der Waals surface area (Å²) in [5.41, 5.74) is 10.9. The van der Waals surface area contributed by atoms with Crippen molar-refractivity contribution in [2.24, 2.45) is 7.05 Å². The fourth-order valence-electron chi connectivity index (χ4n) is 4.08. The molecule has 0 spiro atoms. The number of hydrogen-bond acceptors (Lipinski definition) is 2. The maximum absolute atomic E-state index is 4.99. The second-order valence-corrected chi connectivity index (χ2v) is 7.26. The molecule has 0 amide bonds. The van der Waals surface area contributed by atoms with Gasteiger partial charge in [-0.1, -0.05) is 23.2 Å². The van der Waals surface area contributed by atoms with Crippen molar-refractivity contribution in [3.63, 3.8) is 0 Å². The smallest absolute Gasteiger partial charge is 0.286 e. The van der Waals surface area contributed by atoms with Gasteiger partial charge in [0.15, 0.2) is 5.69 Å². The molecule has 0 bridgehead atoms. The van der Waals surface area contributed by atoms with Crippen LogP contribution in [0.4, 0.5) is 0 Å². The van der Waals surface area contributed by atoms with Gasteiger partial charge in [0.25, 0.3) is 6.33 Å². The van der Waals surface area contributed by atoms with Gasteiger partial charge in [-0.05, 0) is 42.7 Å². The van der Waals surface area contributed by atoms with Crippen molar-refractivity contribution in [1.82, 2.24) is 14.5 Å². The Morgan fingerprint density at radius 3 is 2.73 bits per heavy atom. The first kappa shape index (κ1) is 15.3. The van der Waals surface area contributed by atoms with Gasteiger partial charge in [-0.2, -0.15) is 0 Å². The fourth-order valence-corrected chi connectivity index (χ4v) is 4.08. The molecule has 0 saturated heterocycles. The molecule has 4 nitrogen and oxygen atoms in total. The van der Waals surface area contributed by atoms with E-state index in [2.05, 4.69) is 71.4 Å². The van der Waals surface area contributed by atoms with E-state index < -0.39 is 0 Å². The summed E-state index contributed by atoms with van der Waals surface area (Å²) >= 11 is 0. The molecule has 2 aromatic heterocycles. The Labute approximate surface area is 152 Å². The van der Waals surface area contributed by atoms with Crippen molar-refractivity contribution in [2.45, 2.75) is 27.2 Å². The largest absolute Gasteiger partial charge is 0.295 e. The zero-order valence-corrected chi connectivity index (χ0v) is 15.5. The molecule has 0 unspecified atom stereocenters. The molecule has 4 aromatic rings. The number of hydrogen-bond donors (Lipinski definition) is 0. The summed E-state index contributed by atoms with van der Waals surface area (Å²) in [6, 6.07) is 13.0. The van der Waals surface area contributed by atoms with Gasteiger partial charge in [0.1, 0.15) is 11.5 Å². The van der Waals surface area contributed by atoms with Gasteiger partial charge in [-0.25, -0.2) is 9.55 Å². The van der Waals surface area contributed by atoms with Crippen molar-refractivity contribution >= 4 is 11.0 Å². The molecule has 0 radical (unpaired) electrons. The Morgan fingerprint density at radius 2 is 1.88 bits per heavy atom. The Kier molecular flexibility index (Phi) is 3.08. The molecule has 0 fully saturated rings. The lowest BCUT2D eigenvalue weighted by Gasteiger charge is -2.13. The molecular weight excluding hydrogens is 320 g/mol. The number of imidazole rings is 1. The van der Waals surface area contributed by atoms with E-state index in [0.717, 1.165) is 23.5 Å². The van der Waals surface area contributed by atoms with Crippen LogP contribution in [-0.2, 0) is 13.5 Å². The van der Waals surface area contributed by atoms with E-state index in [1.165, 1.54) is 39.2 Å². The molecule has 0 atom stereocenters. The van der Waals surface area contributed by atoms with E-state index in [-0.39, 0.29) is 0 Å². The summed E-state index contributed by atoms with van der Waals surface area (Å²) < 4.78 is 4.46. The maximum Gasteiger partial charge on any atom is 0.286 e. The van der Waals surface area contributed by atoms with Crippen molar-refractivity contribution in [3.8, 4) is 16.9 Å². The number of nitrogens with zero attached hydrogens (tertiary/aromatic N) is 4. The van der Waals surface area contributed by atoms with Crippen molar-refractivity contribution < 1.29 is 4.57 Å². The first-order valence-corrected chi connectivity index (χ1v) is 8.97. The van der Waals surface area contributed by atoms with E-state index >= 15 is 0 Å². The summed E-state index contributed by atoms with van der Waals surface area (Å²) in [5, 5.41) is 0. The highest BCUT2D eigenvalue weighted by molar-refractivity contribution is 5.95. The number of fused-ring (bicyclic) bond motifs is 5. The molecule has 128 valence electrons. The summed E-state index contributed by atoms with van der Waals surface area (Å²) in [4.78, 5) is 9.42. The normalized spacial score (nSPS) is 12.5. The van der Waals surface area contributed by atoms with Crippen LogP contribution < -0.4 is 4.57 Å². The van der Waals surface area contributed by atoms with Gasteiger partial charge in [0.05, 0.1) is 29.3 Å². The lowest BCUT2D eigenvalue weighted by molar-refractivity contribution is -0.663. The minimum absolute atomic E-state index is 0.893. The molecule has 1 aliphatic rings. The van der Waals surface area contributed by atoms with Crippen LogP contribution >= 0.6 is 0 Å². The third-order valence-electron chi connectivity index (χ3n) is 5.53. The average molecular weight is 341 g/mol. The number of para-hydroxylation sites is 1. The van der Waals surface area contributed by atoms with Crippen LogP contribution in [0.25, 0.3) is 28.0 Å². The van der Waals surface area contributed by atoms with Gasteiger partial charge in [-0.15, -0.1) is 0 Å². The van der Waals surface area contributed by atoms with E-state index in [1.807, 2.05) is 13.3 Å². The maximum atomic E-state index is 4.99. The van der Waals surface area contributed by atoms with Gasteiger partial charge in [0, 0.05) is 19.4 Å². The highest BCUT2D eigenvalue weighted by Gasteiger charge is 2.27. The van der Waals surface area contributed by atoms with E-state index in [0.29, 0.717) is 0 Å². The van der Waals surface area contributed by atoms with E-state index in [9.17, 15) is 0 Å². The zero-order chi connectivity index (χ0) is 18.0. The molecule has 2 aromatic carbocycles. The molecule has 1 aliphatic heterocycles. The standard InChI is InChI=1S/C22H21N4/c1-13-9-17-22(21(15(13)3)19-10-14(2)23-12-25(19)4)26-18-8-6-5-7-16(18)11-20(26)24-17/h5-10,12H,11H2,1-4H3/q+1. The van der Waals surface area contributed by atoms with E-state index in [4.69, 9.17) is 4.98 Å². The lowest BCUT2D eigenvalue weighted by atomic mass is 9.97. The van der Waals surface area contributed by atoms with Gasteiger partial charge in [-0.3, -0.25) is 4.57 Å². The molecule has 0 N–H and O–H groups in total. The Morgan fingerprint density at radius 1 is 1.08 bits per heavy atom. The first-order chi connectivity index (χ1) is 12.5. The predicted molar refractivity (Wildman–Crippen MR) is 102 cm³/mol. The number of rotatable bonds is 1. The molecule has 4 heteroatoms. The van der Waals surface area contributed by atoms with Gasteiger partial charge < -0.3 is 0 Å². The third-order valence-corrected chi connectivity index (χ3v) is 5.53. The van der Waals surface area contributed by atoms with Crippen LogP contribution in [0, 0.1) is 20.8 Å². The summed E-state index contributed by atoms with van der Waals surface area (Å²) in [5.74, 6) is 1.13. The Hall–Kier alpha value is -3.01. The second-order valence-electron chi connectivity index (χ2n) is 7.26. The fraction of sp³-hybridized carbons (Fsp3) is 0.227. The molecule has 0 aliphatic carbocycles. The topological polar surface area (TPSA) is 34.6 Å². The first-order valence-electron chi connectivity index (χ1n) is 8.97. The zero-order valence-electron chi connectivity index (χ0n) is 15.5. The summed E-state index contributed by atoms with van der Waals surface area (Å²) in [6.07, 6.45) is 2.79. The van der Waals surface area contributed by atoms with Crippen molar-refractivity contribution in [2.75, 3.05) is 0 Å². The van der Waals surface area contributed by atoms with E-state index in [1.54, 1.807) is 0 Å². The van der Waals surface area contributed by atoms with Crippen molar-refractivity contribution in [1.29, 1.82) is 0 Å². The number of aryl methyl sites for hydroxylation is 3. The monoisotopic (exact) mass is 341 g/mol. The molecule has 3 heterocycles. The van der Waals surface area contributed by atoms with Gasteiger partial charge in [0.2, 0.25) is 0 Å². The summed E-state index contributed by atoms with van der Waals surface area (Å²) in [7, 11) is 2.06. The average Bonchev–Trinajstić information content (AvgIpc) is 3.14. The predicted octanol–water partition coefficient (Wildman–Crippen LogP) is 3.74. The van der Waals surface area contributed by atoms with Crippen LogP contribution in [0.1, 0.15) is 28.2 Å². The molecule has 0 saturated carbocycles. The minimum atomic E-state index is 0.893.